The maximum atomic E-state index is 4.34. The van der Waals surface area contributed by atoms with E-state index in [1.165, 1.54) is 5.56 Å². The largest absolute Gasteiger partial charge is 0.355 e. The van der Waals surface area contributed by atoms with Crippen molar-refractivity contribution in [2.45, 2.75) is 51.7 Å². The van der Waals surface area contributed by atoms with Gasteiger partial charge in [0.1, 0.15) is 12.2 Å². The van der Waals surface area contributed by atoms with Gasteiger partial charge in [-0.25, -0.2) is 4.98 Å². The normalized spacial score (nSPS) is 13.0. The van der Waals surface area contributed by atoms with Gasteiger partial charge in [-0.3, -0.25) is 9.67 Å². The van der Waals surface area contributed by atoms with Gasteiger partial charge in [-0.2, -0.15) is 5.10 Å². The average molecular weight is 499 g/mol. The molecule has 0 bridgehead atoms. The number of aliphatic imine (C=N–C) groups is 1. The Hall–Kier alpha value is -1.68. The summed E-state index contributed by atoms with van der Waals surface area (Å²) in [5, 5.41) is 14.7. The van der Waals surface area contributed by atoms with E-state index in [2.05, 4.69) is 82.1 Å². The zero-order chi connectivity index (χ0) is 19.7. The Labute approximate surface area is 185 Å². The fourth-order valence-electron chi connectivity index (χ4n) is 3.16. The van der Waals surface area contributed by atoms with Crippen molar-refractivity contribution in [1.82, 2.24) is 30.7 Å². The Balaban J connectivity index is 0.00000392. The summed E-state index contributed by atoms with van der Waals surface area (Å²) in [5.41, 5.74) is 1.28. The molecule has 7 nitrogen and oxygen atoms in total. The van der Waals surface area contributed by atoms with Crippen molar-refractivity contribution in [2.75, 3.05) is 13.6 Å². The lowest BCUT2D eigenvalue weighted by Gasteiger charge is -2.37. The van der Waals surface area contributed by atoms with E-state index >= 15 is 0 Å². The second kappa shape index (κ2) is 12.0. The number of aryl methyl sites for hydroxylation is 1. The number of nitrogens with one attached hydrogen (secondary N) is 3. The SMILES string of the molecule is CCC(CC)(CNC(=NC)NCc1ncnn1C)NC(C)c1ccccc1.I. The van der Waals surface area contributed by atoms with Crippen LogP contribution in [-0.2, 0) is 13.6 Å². The van der Waals surface area contributed by atoms with Gasteiger partial charge in [-0.05, 0) is 25.3 Å². The minimum absolute atomic E-state index is 0. The van der Waals surface area contributed by atoms with Crippen LogP contribution in [0.2, 0.25) is 0 Å². The smallest absolute Gasteiger partial charge is 0.191 e. The van der Waals surface area contributed by atoms with Gasteiger partial charge in [0.15, 0.2) is 5.96 Å². The number of halogens is 1. The summed E-state index contributed by atoms with van der Waals surface area (Å²) in [5.74, 6) is 1.63. The molecule has 1 aromatic carbocycles. The highest BCUT2D eigenvalue weighted by Crippen LogP contribution is 2.21. The predicted octanol–water partition coefficient (Wildman–Crippen LogP) is 3.01. The molecule has 0 aliphatic carbocycles. The lowest BCUT2D eigenvalue weighted by Crippen LogP contribution is -2.55. The standard InChI is InChI=1S/C20H33N7.HI/c1-6-20(7-2,26-16(3)17-11-9-8-10-12-17)14-23-19(21-4)22-13-18-24-15-25-27(18)5;/h8-12,15-16,26H,6-7,13-14H2,1-5H3,(H2,21,22,23);1H. The third-order valence-electron chi connectivity index (χ3n) is 5.21. The molecule has 0 radical (unpaired) electrons. The van der Waals surface area contributed by atoms with Gasteiger partial charge in [0.2, 0.25) is 0 Å². The molecule has 2 rings (SSSR count). The molecule has 1 atom stereocenters. The van der Waals surface area contributed by atoms with Crippen LogP contribution >= 0.6 is 24.0 Å². The predicted molar refractivity (Wildman–Crippen MR) is 126 cm³/mol. The molecule has 2 aromatic rings. The highest BCUT2D eigenvalue weighted by molar-refractivity contribution is 14.0. The zero-order valence-electron chi connectivity index (χ0n) is 17.6. The molecule has 28 heavy (non-hydrogen) atoms. The molecular formula is C20H34IN7. The van der Waals surface area contributed by atoms with Gasteiger partial charge in [0.05, 0.1) is 6.54 Å². The van der Waals surface area contributed by atoms with Crippen molar-refractivity contribution < 1.29 is 0 Å². The molecule has 1 heterocycles. The molecule has 0 amide bonds. The van der Waals surface area contributed by atoms with E-state index in [-0.39, 0.29) is 35.6 Å². The minimum Gasteiger partial charge on any atom is -0.355 e. The maximum Gasteiger partial charge on any atom is 0.191 e. The fraction of sp³-hybridized carbons (Fsp3) is 0.550. The van der Waals surface area contributed by atoms with Crippen molar-refractivity contribution >= 4 is 29.9 Å². The summed E-state index contributed by atoms with van der Waals surface area (Å²) < 4.78 is 1.76. The van der Waals surface area contributed by atoms with E-state index in [1.54, 1.807) is 18.1 Å². The molecule has 1 unspecified atom stereocenters. The van der Waals surface area contributed by atoms with Gasteiger partial charge in [-0.1, -0.05) is 44.2 Å². The van der Waals surface area contributed by atoms with Crippen LogP contribution in [0.3, 0.4) is 0 Å². The highest BCUT2D eigenvalue weighted by atomic mass is 127. The first-order valence-electron chi connectivity index (χ1n) is 9.63. The number of nitrogens with zero attached hydrogens (tertiary/aromatic N) is 4. The van der Waals surface area contributed by atoms with Crippen LogP contribution < -0.4 is 16.0 Å². The lowest BCUT2D eigenvalue weighted by molar-refractivity contribution is 0.271. The Morgan fingerprint density at radius 1 is 1.18 bits per heavy atom. The molecule has 3 N–H and O–H groups in total. The molecule has 0 aliphatic rings. The quantitative estimate of drug-likeness (QED) is 0.281. The Morgan fingerprint density at radius 3 is 2.39 bits per heavy atom. The summed E-state index contributed by atoms with van der Waals surface area (Å²) in [4.78, 5) is 8.57. The average Bonchev–Trinajstić information content (AvgIpc) is 3.12. The first-order chi connectivity index (χ1) is 13.0. The van der Waals surface area contributed by atoms with Crippen molar-refractivity contribution in [3.63, 3.8) is 0 Å². The van der Waals surface area contributed by atoms with Gasteiger partial charge in [0.25, 0.3) is 0 Å². The maximum absolute atomic E-state index is 4.34. The number of aromatic nitrogens is 3. The Morgan fingerprint density at radius 2 is 1.86 bits per heavy atom. The molecule has 1 aromatic heterocycles. The molecule has 0 saturated carbocycles. The second-order valence-corrected chi connectivity index (χ2v) is 6.84. The molecule has 8 heteroatoms. The van der Waals surface area contributed by atoms with Gasteiger partial charge in [-0.15, -0.1) is 24.0 Å². The number of hydrogen-bond acceptors (Lipinski definition) is 4. The number of hydrogen-bond donors (Lipinski definition) is 3. The van der Waals surface area contributed by atoms with E-state index in [4.69, 9.17) is 0 Å². The van der Waals surface area contributed by atoms with E-state index in [0.717, 1.165) is 31.2 Å². The number of rotatable bonds is 9. The zero-order valence-corrected chi connectivity index (χ0v) is 19.9. The highest BCUT2D eigenvalue weighted by Gasteiger charge is 2.28. The van der Waals surface area contributed by atoms with E-state index in [1.807, 2.05) is 7.05 Å². The van der Waals surface area contributed by atoms with Crippen molar-refractivity contribution in [3.8, 4) is 0 Å². The summed E-state index contributed by atoms with van der Waals surface area (Å²) in [6, 6.07) is 10.8. The summed E-state index contributed by atoms with van der Waals surface area (Å²) in [6.07, 6.45) is 3.60. The van der Waals surface area contributed by atoms with Crippen LogP contribution in [0.1, 0.15) is 51.0 Å². The first kappa shape index (κ1) is 24.4. The summed E-state index contributed by atoms with van der Waals surface area (Å²) in [7, 11) is 3.67. The van der Waals surface area contributed by atoms with Crippen LogP contribution in [0.15, 0.2) is 41.7 Å². The van der Waals surface area contributed by atoms with Crippen LogP contribution in [0.25, 0.3) is 0 Å². The molecule has 0 fully saturated rings. The van der Waals surface area contributed by atoms with E-state index in [0.29, 0.717) is 6.54 Å². The molecule has 156 valence electrons. The second-order valence-electron chi connectivity index (χ2n) is 6.84. The number of guanidine groups is 1. The van der Waals surface area contributed by atoms with Crippen LogP contribution in [0, 0.1) is 0 Å². The van der Waals surface area contributed by atoms with Crippen molar-refractivity contribution in [2.24, 2.45) is 12.0 Å². The Kier molecular flexibility index (Phi) is 10.4. The van der Waals surface area contributed by atoms with E-state index < -0.39 is 0 Å². The molecular weight excluding hydrogens is 465 g/mol. The van der Waals surface area contributed by atoms with Crippen LogP contribution in [0.4, 0.5) is 0 Å². The molecule has 0 spiro atoms. The molecule has 0 saturated heterocycles. The summed E-state index contributed by atoms with van der Waals surface area (Å²) in [6.45, 7) is 8.04. The van der Waals surface area contributed by atoms with Crippen LogP contribution in [0.5, 0.6) is 0 Å². The third kappa shape index (κ3) is 6.73. The third-order valence-corrected chi connectivity index (χ3v) is 5.21. The Bertz CT molecular complexity index is 710. The summed E-state index contributed by atoms with van der Waals surface area (Å²) >= 11 is 0. The lowest BCUT2D eigenvalue weighted by atomic mass is 9.90. The fourth-order valence-corrected chi connectivity index (χ4v) is 3.16. The monoisotopic (exact) mass is 499 g/mol. The van der Waals surface area contributed by atoms with Crippen molar-refractivity contribution in [3.05, 3.63) is 48.0 Å². The first-order valence-corrected chi connectivity index (χ1v) is 9.63. The van der Waals surface area contributed by atoms with E-state index in [9.17, 15) is 0 Å². The van der Waals surface area contributed by atoms with Crippen LogP contribution in [-0.4, -0.2) is 39.9 Å². The topological polar surface area (TPSA) is 79.2 Å². The van der Waals surface area contributed by atoms with Gasteiger partial charge >= 0.3 is 0 Å². The number of benzene rings is 1. The molecule has 0 aliphatic heterocycles. The minimum atomic E-state index is -0.0162. The van der Waals surface area contributed by atoms with Gasteiger partial charge in [0, 0.05) is 32.2 Å². The van der Waals surface area contributed by atoms with Gasteiger partial charge < -0.3 is 16.0 Å². The van der Waals surface area contributed by atoms with Crippen molar-refractivity contribution in [1.29, 1.82) is 0 Å².